The Morgan fingerprint density at radius 2 is 0.985 bits per heavy atom. The zero-order valence-electron chi connectivity index (χ0n) is 36.2. The average molecular weight is 999 g/mol. The smallest absolute Gasteiger partial charge is 0.364 e. The maximum absolute atomic E-state index is 12.8. The topological polar surface area (TPSA) is 502 Å². The molecule has 394 valence electrons. The van der Waals surface area contributed by atoms with Gasteiger partial charge in [0.25, 0.3) is 5.79 Å². The van der Waals surface area contributed by atoms with Crippen molar-refractivity contribution in [2.75, 3.05) is 33.0 Å². The van der Waals surface area contributed by atoms with E-state index in [9.17, 15) is 101 Å². The number of aliphatic carboxylic acids is 1. The van der Waals surface area contributed by atoms with E-state index in [2.05, 4.69) is 10.6 Å². The van der Waals surface area contributed by atoms with Crippen LogP contribution >= 0.6 is 0 Å². The molecule has 0 aromatic heterocycles. The van der Waals surface area contributed by atoms with Gasteiger partial charge in [-0.1, -0.05) is 0 Å². The van der Waals surface area contributed by atoms with Crippen molar-refractivity contribution >= 4 is 17.8 Å². The molecule has 0 aliphatic carbocycles. The van der Waals surface area contributed by atoms with E-state index in [-0.39, 0.29) is 0 Å². The van der Waals surface area contributed by atoms with E-state index in [0.717, 1.165) is 13.8 Å². The summed E-state index contributed by atoms with van der Waals surface area (Å²) in [4.78, 5) is 37.2. The number of hydrogen-bond donors (Lipinski definition) is 19. The second-order valence-corrected chi connectivity index (χ2v) is 16.8. The highest BCUT2D eigenvalue weighted by Gasteiger charge is 2.61. The molecule has 0 bridgehead atoms. The van der Waals surface area contributed by atoms with Crippen molar-refractivity contribution in [2.24, 2.45) is 0 Å². The van der Waals surface area contributed by atoms with E-state index < -0.39 is 216 Å². The summed E-state index contributed by atoms with van der Waals surface area (Å²) in [5.74, 6) is -6.76. The molecule has 0 aromatic carbocycles. The first-order valence-electron chi connectivity index (χ1n) is 21.2. The molecule has 68 heavy (non-hydrogen) atoms. The molecule has 0 spiro atoms. The van der Waals surface area contributed by atoms with E-state index in [1.54, 1.807) is 0 Å². The molecule has 0 saturated carbocycles. The number of rotatable bonds is 18. The van der Waals surface area contributed by atoms with Crippen LogP contribution in [0.3, 0.4) is 0 Å². The fourth-order valence-corrected chi connectivity index (χ4v) is 8.55. The molecule has 31 nitrogen and oxygen atoms in total. The number of carbonyl (C=O) groups is 3. The Balaban J connectivity index is 1.33. The minimum Gasteiger partial charge on any atom is -0.477 e. The van der Waals surface area contributed by atoms with Gasteiger partial charge in [0.2, 0.25) is 11.8 Å². The van der Waals surface area contributed by atoms with E-state index in [1.807, 2.05) is 0 Å². The second-order valence-electron chi connectivity index (χ2n) is 16.8. The summed E-state index contributed by atoms with van der Waals surface area (Å²) < 4.78 is 50.4. The van der Waals surface area contributed by atoms with Crippen LogP contribution in [0.1, 0.15) is 20.3 Å². The quantitative estimate of drug-likeness (QED) is 0.0606. The Morgan fingerprint density at radius 3 is 1.46 bits per heavy atom. The lowest BCUT2D eigenvalue weighted by Crippen LogP contribution is -2.71. The number of carbonyl (C=O) groups excluding carboxylic acids is 2. The van der Waals surface area contributed by atoms with Crippen molar-refractivity contribution < 1.29 is 144 Å². The van der Waals surface area contributed by atoms with Gasteiger partial charge in [0.05, 0.1) is 45.2 Å². The normalized spacial score (nSPS) is 46.6. The Hall–Kier alpha value is -2.59. The molecule has 31 heteroatoms. The zero-order chi connectivity index (χ0) is 50.7. The summed E-state index contributed by atoms with van der Waals surface area (Å²) in [6, 6.07) is -3.37. The molecule has 5 aliphatic rings. The van der Waals surface area contributed by atoms with E-state index in [1.165, 1.54) is 0 Å². The molecule has 5 fully saturated rings. The Labute approximate surface area is 384 Å². The molecule has 5 aliphatic heterocycles. The van der Waals surface area contributed by atoms with Crippen LogP contribution in [0.2, 0.25) is 0 Å². The number of amides is 2. The summed E-state index contributed by atoms with van der Waals surface area (Å²) in [7, 11) is 0. The first-order chi connectivity index (χ1) is 32.0. The fraction of sp³-hybridized carbons (Fsp3) is 0.919. The van der Waals surface area contributed by atoms with Gasteiger partial charge < -0.3 is 140 Å². The molecule has 1 unspecified atom stereocenters. The molecule has 19 N–H and O–H groups in total. The molecular formula is C37H62N2O29. The van der Waals surface area contributed by atoms with E-state index >= 15 is 0 Å². The molecule has 0 aromatic rings. The summed E-state index contributed by atoms with van der Waals surface area (Å²) in [5, 5.41) is 184. The van der Waals surface area contributed by atoms with E-state index in [0.29, 0.717) is 0 Å². The predicted molar refractivity (Wildman–Crippen MR) is 207 cm³/mol. The van der Waals surface area contributed by atoms with E-state index in [4.69, 9.17) is 42.6 Å². The first kappa shape index (κ1) is 56.3. The second kappa shape index (κ2) is 23.8. The number of carboxylic acid groups (broad SMARTS) is 1. The van der Waals surface area contributed by atoms with Gasteiger partial charge in [-0.05, 0) is 0 Å². The molecule has 5 saturated heterocycles. The Kier molecular flexibility index (Phi) is 19.7. The first-order valence-corrected chi connectivity index (χ1v) is 21.2. The Bertz CT molecular complexity index is 1650. The van der Waals surface area contributed by atoms with Gasteiger partial charge in [-0.3, -0.25) is 9.59 Å². The summed E-state index contributed by atoms with van der Waals surface area (Å²) in [6.45, 7) is -3.18. The molecule has 5 heterocycles. The van der Waals surface area contributed by atoms with Crippen LogP contribution in [0.25, 0.3) is 0 Å². The fourth-order valence-electron chi connectivity index (χ4n) is 8.55. The highest BCUT2D eigenvalue weighted by Crippen LogP contribution is 2.39. The van der Waals surface area contributed by atoms with Gasteiger partial charge >= 0.3 is 5.97 Å². The largest absolute Gasteiger partial charge is 0.477 e. The molecule has 5 rings (SSSR count). The van der Waals surface area contributed by atoms with Crippen LogP contribution in [0.15, 0.2) is 0 Å². The minimum absolute atomic E-state index is 0.794. The third-order valence-electron chi connectivity index (χ3n) is 12.1. The van der Waals surface area contributed by atoms with Crippen LogP contribution in [0, 0.1) is 0 Å². The summed E-state index contributed by atoms with van der Waals surface area (Å²) >= 11 is 0. The van der Waals surface area contributed by atoms with Gasteiger partial charge in [-0.25, -0.2) is 4.79 Å². The molecule has 0 radical (unpaired) electrons. The van der Waals surface area contributed by atoms with Crippen molar-refractivity contribution in [1.29, 1.82) is 0 Å². The lowest BCUT2D eigenvalue weighted by Gasteiger charge is -2.51. The average Bonchev–Trinajstić information content (AvgIpc) is 3.29. The number of aliphatic hydroxyl groups is 16. The maximum Gasteiger partial charge on any atom is 0.364 e. The van der Waals surface area contributed by atoms with Gasteiger partial charge in [0.15, 0.2) is 25.2 Å². The van der Waals surface area contributed by atoms with Crippen LogP contribution < -0.4 is 10.6 Å². The Morgan fingerprint density at radius 1 is 0.574 bits per heavy atom. The van der Waals surface area contributed by atoms with Crippen molar-refractivity contribution in [2.45, 2.75) is 179 Å². The molecular weight excluding hydrogens is 936 g/mol. The zero-order valence-corrected chi connectivity index (χ0v) is 36.2. The third kappa shape index (κ3) is 11.8. The number of hydrogen-bond acceptors (Lipinski definition) is 28. The third-order valence-corrected chi connectivity index (χ3v) is 12.1. The minimum atomic E-state index is -3.10. The van der Waals surface area contributed by atoms with Gasteiger partial charge in [-0.2, -0.15) is 0 Å². The predicted octanol–water partition coefficient (Wildman–Crippen LogP) is -12.4. The van der Waals surface area contributed by atoms with Gasteiger partial charge in [0.1, 0.15) is 116 Å². The SMILES string of the molecule is CC(=O)N[C@H]1[C@H](O[C@@H]2[C@H](O)[C@@H](O)[C@H](O[C@H]3[C@H](O)[C@@H](O)C(O)O[C@@H]3CO)O[C@@H]2CO)O[C@H](CO)[C@@H](O[C@@H]2O[C@H](CO)[C@H](O[C@@]3(C(=O)O)C[C@H](O)[C@@H](NC(C)=O)[C@H]([C@@H](O)[C@@H](O)CO)O3)[C@H](O)[C@H]2O)[C@@H]1O. The van der Waals surface area contributed by atoms with Gasteiger partial charge in [0, 0.05) is 20.3 Å². The number of nitrogens with one attached hydrogen (secondary N) is 2. The van der Waals surface area contributed by atoms with Crippen LogP contribution in [-0.2, 0) is 57.0 Å². The molecule has 26 atom stereocenters. The van der Waals surface area contributed by atoms with Crippen molar-refractivity contribution in [3.05, 3.63) is 0 Å². The lowest BCUT2D eigenvalue weighted by molar-refractivity contribution is -0.388. The number of ether oxygens (including phenoxy) is 9. The maximum atomic E-state index is 12.8. The lowest BCUT2D eigenvalue weighted by atomic mass is 9.88. The summed E-state index contributed by atoms with van der Waals surface area (Å²) in [6.07, 6.45) is -46.2. The summed E-state index contributed by atoms with van der Waals surface area (Å²) in [5.41, 5.74) is 0. The number of carboxylic acids is 1. The molecule has 2 amide bonds. The van der Waals surface area contributed by atoms with Crippen molar-refractivity contribution in [3.8, 4) is 0 Å². The standard InChI is InChI=1S/C37H62N2O29/c1-9(45)38-17-11(47)3-37(36(58)59,68-31(17)19(49)12(48)4-40)67-30-16(8-44)63-35(26(56)23(30)53)65-27-14(6-42)61-33(18(20(27)50)39-10(2)46)64-29-15(7-43)62-34(25(55)22(29)52)66-28-13(5-41)60-32(57)24(54)21(28)51/h11-35,40-44,47-57H,3-8H2,1-2H3,(H,38,45)(H,39,46)(H,58,59)/t11-,12-,13+,14+,15+,16+,17+,18+,19-,20+,21+,22+,23+,24+,25+,26+,27+,28+,29-,30-,31+,32?,33-,34-,35-,37-/m0/s1. The van der Waals surface area contributed by atoms with Crippen molar-refractivity contribution in [1.82, 2.24) is 10.6 Å². The van der Waals surface area contributed by atoms with Crippen LogP contribution in [0.4, 0.5) is 0 Å². The van der Waals surface area contributed by atoms with Gasteiger partial charge in [-0.15, -0.1) is 0 Å². The van der Waals surface area contributed by atoms with Crippen LogP contribution in [-0.4, -0.2) is 297 Å². The highest BCUT2D eigenvalue weighted by atomic mass is 16.8. The number of aliphatic hydroxyl groups excluding tert-OH is 16. The highest BCUT2D eigenvalue weighted by molar-refractivity contribution is 5.76. The monoisotopic (exact) mass is 998 g/mol. The van der Waals surface area contributed by atoms with Crippen LogP contribution in [0.5, 0.6) is 0 Å². The van der Waals surface area contributed by atoms with Crippen molar-refractivity contribution in [3.63, 3.8) is 0 Å².